The number of unbranched alkanes of at least 4 members (excludes halogenated alkanes) is 48. The third kappa shape index (κ3) is 50.4. The van der Waals surface area contributed by atoms with Crippen molar-refractivity contribution in [3.05, 3.63) is 0 Å². The highest BCUT2D eigenvalue weighted by atomic mass is 16.3. The van der Waals surface area contributed by atoms with Crippen molar-refractivity contribution in [1.29, 1.82) is 0 Å². The van der Waals surface area contributed by atoms with Crippen LogP contribution in [0.2, 0.25) is 0 Å². The zero-order valence-corrected chi connectivity index (χ0v) is 42.9. The Hall–Kier alpha value is -0.610. The van der Waals surface area contributed by atoms with E-state index in [9.17, 15) is 15.0 Å². The van der Waals surface area contributed by atoms with Gasteiger partial charge in [0.1, 0.15) is 0 Å². The summed E-state index contributed by atoms with van der Waals surface area (Å²) in [6.45, 7) is 4.39. The number of hydrogen-bond donors (Lipinski definition) is 3. The summed E-state index contributed by atoms with van der Waals surface area (Å²) in [4.78, 5) is 12.5. The molecule has 0 spiro atoms. The third-order valence-corrected chi connectivity index (χ3v) is 14.1. The molecule has 62 heavy (non-hydrogen) atoms. The molecule has 0 aromatic rings. The molecule has 0 saturated carbocycles. The summed E-state index contributed by atoms with van der Waals surface area (Å²) in [6, 6.07) is -0.530. The van der Waals surface area contributed by atoms with Crippen molar-refractivity contribution in [2.24, 2.45) is 0 Å². The van der Waals surface area contributed by atoms with Crippen LogP contribution in [0.3, 0.4) is 0 Å². The molecule has 1 amide bonds. The number of rotatable bonds is 55. The van der Waals surface area contributed by atoms with Crippen LogP contribution in [-0.4, -0.2) is 34.9 Å². The lowest BCUT2D eigenvalue weighted by Crippen LogP contribution is -2.45. The standard InChI is InChI=1S/C58H117NO3/c1-3-5-7-9-11-13-15-17-18-19-20-21-22-23-24-25-26-27-28-29-30-31-32-33-34-35-36-37-38-39-40-42-44-46-48-50-52-54-58(62)59-56(55-60)57(61)53-51-49-47-45-43-41-16-14-12-10-8-6-4-2/h56-57,60-61H,3-55H2,1-2H3,(H,59,62). The quantitative estimate of drug-likeness (QED) is 0.0533. The molecule has 2 unspecified atom stereocenters. The zero-order valence-electron chi connectivity index (χ0n) is 42.9. The van der Waals surface area contributed by atoms with Gasteiger partial charge in [-0.1, -0.05) is 328 Å². The molecule has 4 heteroatoms. The molecule has 0 bridgehead atoms. The van der Waals surface area contributed by atoms with Crippen LogP contribution in [0, 0.1) is 0 Å². The van der Waals surface area contributed by atoms with Gasteiger partial charge in [0.05, 0.1) is 18.8 Å². The Morgan fingerprint density at radius 2 is 0.516 bits per heavy atom. The maximum atomic E-state index is 12.5. The fraction of sp³-hybridized carbons (Fsp3) is 0.983. The molecule has 0 aromatic heterocycles. The smallest absolute Gasteiger partial charge is 0.220 e. The first kappa shape index (κ1) is 61.4. The highest BCUT2D eigenvalue weighted by Crippen LogP contribution is 2.19. The highest BCUT2D eigenvalue weighted by Gasteiger charge is 2.20. The second-order valence-corrected chi connectivity index (χ2v) is 20.4. The number of nitrogens with one attached hydrogen (secondary N) is 1. The van der Waals surface area contributed by atoms with Gasteiger partial charge in [-0.15, -0.1) is 0 Å². The minimum Gasteiger partial charge on any atom is -0.394 e. The summed E-state index contributed by atoms with van der Waals surface area (Å²) in [5.41, 5.74) is 0. The number of hydrogen-bond acceptors (Lipinski definition) is 3. The van der Waals surface area contributed by atoms with Gasteiger partial charge in [0.15, 0.2) is 0 Å². The maximum Gasteiger partial charge on any atom is 0.220 e. The first-order chi connectivity index (χ1) is 30.7. The van der Waals surface area contributed by atoms with Crippen molar-refractivity contribution in [2.45, 2.75) is 360 Å². The van der Waals surface area contributed by atoms with E-state index >= 15 is 0 Å². The summed E-state index contributed by atoms with van der Waals surface area (Å²) in [5, 5.41) is 23.2. The van der Waals surface area contributed by atoms with Crippen LogP contribution in [0.4, 0.5) is 0 Å². The first-order valence-corrected chi connectivity index (χ1v) is 29.2. The second kappa shape index (κ2) is 54.7. The largest absolute Gasteiger partial charge is 0.394 e. The maximum absolute atomic E-state index is 12.5. The van der Waals surface area contributed by atoms with E-state index in [0.717, 1.165) is 25.7 Å². The molecule has 372 valence electrons. The highest BCUT2D eigenvalue weighted by molar-refractivity contribution is 5.76. The number of carbonyl (C=O) groups excluding carboxylic acids is 1. The van der Waals surface area contributed by atoms with Crippen LogP contribution in [0.5, 0.6) is 0 Å². The summed E-state index contributed by atoms with van der Waals surface area (Å²) >= 11 is 0. The van der Waals surface area contributed by atoms with Gasteiger partial charge in [0, 0.05) is 6.42 Å². The predicted octanol–water partition coefficient (Wildman–Crippen LogP) is 19.1. The normalized spacial score (nSPS) is 12.6. The molecule has 0 fully saturated rings. The Morgan fingerprint density at radius 1 is 0.323 bits per heavy atom. The minimum absolute atomic E-state index is 0.0234. The Bertz CT molecular complexity index is 819. The van der Waals surface area contributed by atoms with Crippen LogP contribution in [0.1, 0.15) is 348 Å². The minimum atomic E-state index is -0.653. The SMILES string of the molecule is CCCCCCCCCCCCCCCCCCCCCCCCCCCCCCCCCCCCCCCC(=O)NC(CO)C(O)CCCCCCCCCCCCCCC. The molecule has 0 saturated heterocycles. The second-order valence-electron chi connectivity index (χ2n) is 20.4. The fourth-order valence-electron chi connectivity index (χ4n) is 9.66. The van der Waals surface area contributed by atoms with Crippen molar-refractivity contribution in [3.8, 4) is 0 Å². The van der Waals surface area contributed by atoms with Gasteiger partial charge in [-0.25, -0.2) is 0 Å². The molecule has 0 aliphatic rings. The Labute approximate surface area is 391 Å². The number of aliphatic hydroxyl groups is 2. The summed E-state index contributed by atoms with van der Waals surface area (Å²) < 4.78 is 0. The fourth-order valence-corrected chi connectivity index (χ4v) is 9.66. The summed E-state index contributed by atoms with van der Waals surface area (Å²) in [7, 11) is 0. The van der Waals surface area contributed by atoms with Crippen LogP contribution < -0.4 is 5.32 Å². The van der Waals surface area contributed by atoms with Crippen LogP contribution >= 0.6 is 0 Å². The number of aliphatic hydroxyl groups excluding tert-OH is 2. The molecule has 4 nitrogen and oxygen atoms in total. The van der Waals surface area contributed by atoms with E-state index < -0.39 is 12.1 Å². The van der Waals surface area contributed by atoms with E-state index in [1.807, 2.05) is 0 Å². The Kier molecular flexibility index (Phi) is 54.2. The first-order valence-electron chi connectivity index (χ1n) is 29.2. The van der Waals surface area contributed by atoms with Crippen molar-refractivity contribution < 1.29 is 15.0 Å². The van der Waals surface area contributed by atoms with Gasteiger partial charge in [-0.05, 0) is 12.8 Å². The Morgan fingerprint density at radius 3 is 0.726 bits per heavy atom. The lowest BCUT2D eigenvalue weighted by molar-refractivity contribution is -0.123. The van der Waals surface area contributed by atoms with Crippen molar-refractivity contribution >= 4 is 5.91 Å². The molecule has 0 rings (SSSR count). The number of carbonyl (C=O) groups is 1. The van der Waals surface area contributed by atoms with Crippen LogP contribution in [0.25, 0.3) is 0 Å². The summed E-state index contributed by atoms with van der Waals surface area (Å²) in [5.74, 6) is -0.0234. The van der Waals surface area contributed by atoms with Gasteiger partial charge in [-0.3, -0.25) is 4.79 Å². The van der Waals surface area contributed by atoms with Crippen LogP contribution in [-0.2, 0) is 4.79 Å². The van der Waals surface area contributed by atoms with Gasteiger partial charge >= 0.3 is 0 Å². The van der Waals surface area contributed by atoms with E-state index in [1.54, 1.807) is 0 Å². The lowest BCUT2D eigenvalue weighted by atomic mass is 10.0. The third-order valence-electron chi connectivity index (χ3n) is 14.1. The summed E-state index contributed by atoms with van der Waals surface area (Å²) in [6.07, 6.45) is 69.8. The Balaban J connectivity index is 3.31. The molecule has 3 N–H and O–H groups in total. The van der Waals surface area contributed by atoms with E-state index in [-0.39, 0.29) is 12.5 Å². The van der Waals surface area contributed by atoms with Crippen LogP contribution in [0.15, 0.2) is 0 Å². The van der Waals surface area contributed by atoms with Gasteiger partial charge in [0.25, 0.3) is 0 Å². The van der Waals surface area contributed by atoms with Crippen molar-refractivity contribution in [2.75, 3.05) is 6.61 Å². The number of amides is 1. The lowest BCUT2D eigenvalue weighted by Gasteiger charge is -2.22. The van der Waals surface area contributed by atoms with Gasteiger partial charge in [-0.2, -0.15) is 0 Å². The molecule has 0 heterocycles. The molecule has 0 radical (unpaired) electrons. The predicted molar refractivity (Wildman–Crippen MR) is 276 cm³/mol. The molecular weight excluding hydrogens is 759 g/mol. The average Bonchev–Trinajstić information content (AvgIpc) is 3.28. The van der Waals surface area contributed by atoms with Gasteiger partial charge in [0.2, 0.25) is 5.91 Å². The topological polar surface area (TPSA) is 69.6 Å². The van der Waals surface area contributed by atoms with Crippen molar-refractivity contribution in [1.82, 2.24) is 5.32 Å². The van der Waals surface area contributed by atoms with E-state index in [4.69, 9.17) is 0 Å². The molecule has 2 atom stereocenters. The molecule has 0 aliphatic heterocycles. The zero-order chi connectivity index (χ0) is 44.9. The van der Waals surface area contributed by atoms with E-state index in [2.05, 4.69) is 19.2 Å². The van der Waals surface area contributed by atoms with E-state index in [1.165, 1.54) is 295 Å². The van der Waals surface area contributed by atoms with Crippen molar-refractivity contribution in [3.63, 3.8) is 0 Å². The molecule has 0 aromatic carbocycles. The molecule has 0 aliphatic carbocycles. The average molecular weight is 877 g/mol. The monoisotopic (exact) mass is 876 g/mol. The van der Waals surface area contributed by atoms with E-state index in [0.29, 0.717) is 12.8 Å². The molecular formula is C58H117NO3. The van der Waals surface area contributed by atoms with Gasteiger partial charge < -0.3 is 15.5 Å².